The van der Waals surface area contributed by atoms with Gasteiger partial charge in [-0.1, -0.05) is 0 Å². The monoisotopic (exact) mass is 265 g/mol. The summed E-state index contributed by atoms with van der Waals surface area (Å²) in [5.74, 6) is 1.39. The van der Waals surface area contributed by atoms with E-state index in [9.17, 15) is 0 Å². The molecule has 106 valence electrons. The van der Waals surface area contributed by atoms with Crippen molar-refractivity contribution in [2.45, 2.75) is 32.7 Å². The largest absolute Gasteiger partial charge is 0.481 e. The van der Waals surface area contributed by atoms with Crippen LogP contribution >= 0.6 is 0 Å². The van der Waals surface area contributed by atoms with Crippen LogP contribution < -0.4 is 10.5 Å². The molecule has 1 aliphatic heterocycles. The van der Waals surface area contributed by atoms with Crippen molar-refractivity contribution in [1.82, 2.24) is 14.7 Å². The first kappa shape index (κ1) is 13.7. The van der Waals surface area contributed by atoms with Crippen molar-refractivity contribution in [2.75, 3.05) is 20.2 Å². The Kier molecular flexibility index (Phi) is 4.29. The molecule has 1 aromatic heterocycles. The van der Waals surface area contributed by atoms with Gasteiger partial charge in [-0.25, -0.2) is 9.67 Å². The van der Waals surface area contributed by atoms with Gasteiger partial charge in [-0.15, -0.1) is 0 Å². The summed E-state index contributed by atoms with van der Waals surface area (Å²) >= 11 is 0. The van der Waals surface area contributed by atoms with Gasteiger partial charge >= 0.3 is 0 Å². The smallest absolute Gasteiger partial charge is 0.216 e. The lowest BCUT2D eigenvalue weighted by molar-refractivity contribution is 0.337. The zero-order chi connectivity index (χ0) is 13.8. The van der Waals surface area contributed by atoms with E-state index in [-0.39, 0.29) is 0 Å². The van der Waals surface area contributed by atoms with E-state index in [1.165, 1.54) is 19.3 Å². The average Bonchev–Trinajstić information content (AvgIpc) is 2.70. The van der Waals surface area contributed by atoms with Crippen LogP contribution in [0, 0.1) is 6.92 Å². The number of nitrogens with two attached hydrogens (primary N) is 1. The first-order valence-corrected chi connectivity index (χ1v) is 6.74. The van der Waals surface area contributed by atoms with E-state index in [1.54, 1.807) is 11.8 Å². The molecule has 2 heterocycles. The molecule has 0 radical (unpaired) electrons. The lowest BCUT2D eigenvalue weighted by Crippen LogP contribution is -2.40. The third-order valence-electron chi connectivity index (χ3n) is 3.56. The molecule has 19 heavy (non-hydrogen) atoms. The van der Waals surface area contributed by atoms with Crippen LogP contribution in [0.1, 0.15) is 30.5 Å². The van der Waals surface area contributed by atoms with E-state index >= 15 is 0 Å². The minimum absolute atomic E-state index is 0.519. The summed E-state index contributed by atoms with van der Waals surface area (Å²) in [5, 5.41) is 4.34. The lowest BCUT2D eigenvalue weighted by Gasteiger charge is -2.27. The fourth-order valence-electron chi connectivity index (χ4n) is 2.50. The number of likely N-dealkylation sites (tertiary alicyclic amines) is 1. The van der Waals surface area contributed by atoms with Crippen molar-refractivity contribution in [3.63, 3.8) is 0 Å². The van der Waals surface area contributed by atoms with Crippen molar-refractivity contribution >= 4 is 5.96 Å². The minimum atomic E-state index is 0.519. The number of rotatable bonds is 3. The quantitative estimate of drug-likeness (QED) is 0.655. The molecule has 1 aromatic rings. The normalized spacial score (nSPS) is 16.8. The SMILES string of the molecule is COc1c(CN=C(N)N2CCCCC2)c(C)nn1C. The van der Waals surface area contributed by atoms with E-state index in [2.05, 4.69) is 15.0 Å². The summed E-state index contributed by atoms with van der Waals surface area (Å²) in [6.45, 7) is 4.51. The number of aromatic nitrogens is 2. The number of aliphatic imine (C=N–C) groups is 1. The van der Waals surface area contributed by atoms with Gasteiger partial charge in [0.2, 0.25) is 5.88 Å². The molecule has 0 atom stereocenters. The van der Waals surface area contributed by atoms with Crippen LogP contribution in [0.2, 0.25) is 0 Å². The molecule has 2 rings (SSSR count). The Hall–Kier alpha value is -1.72. The van der Waals surface area contributed by atoms with Crippen molar-refractivity contribution in [3.05, 3.63) is 11.3 Å². The Bertz CT molecular complexity index is 460. The number of hydrogen-bond acceptors (Lipinski definition) is 3. The zero-order valence-corrected chi connectivity index (χ0v) is 12.0. The van der Waals surface area contributed by atoms with Crippen LogP contribution in [-0.2, 0) is 13.6 Å². The Morgan fingerprint density at radius 2 is 2.05 bits per heavy atom. The summed E-state index contributed by atoms with van der Waals surface area (Å²) in [5.41, 5.74) is 8.00. The first-order valence-electron chi connectivity index (χ1n) is 6.74. The highest BCUT2D eigenvalue weighted by atomic mass is 16.5. The maximum Gasteiger partial charge on any atom is 0.216 e. The second-order valence-electron chi connectivity index (χ2n) is 4.92. The second-order valence-corrected chi connectivity index (χ2v) is 4.92. The van der Waals surface area contributed by atoms with E-state index < -0.39 is 0 Å². The fourth-order valence-corrected chi connectivity index (χ4v) is 2.50. The van der Waals surface area contributed by atoms with Gasteiger partial charge in [-0.3, -0.25) is 0 Å². The van der Waals surface area contributed by atoms with Crippen LogP contribution in [-0.4, -0.2) is 40.8 Å². The third kappa shape index (κ3) is 3.00. The number of aryl methyl sites for hydroxylation is 2. The summed E-state index contributed by atoms with van der Waals surface area (Å²) in [6.07, 6.45) is 3.69. The van der Waals surface area contributed by atoms with Crippen LogP contribution in [0.5, 0.6) is 5.88 Å². The van der Waals surface area contributed by atoms with Gasteiger partial charge in [0.05, 0.1) is 24.9 Å². The van der Waals surface area contributed by atoms with Gasteiger partial charge in [-0.05, 0) is 26.2 Å². The van der Waals surface area contributed by atoms with Gasteiger partial charge in [-0.2, -0.15) is 5.10 Å². The topological polar surface area (TPSA) is 68.7 Å². The molecule has 1 saturated heterocycles. The van der Waals surface area contributed by atoms with Crippen LogP contribution in [0.4, 0.5) is 0 Å². The molecule has 0 amide bonds. The van der Waals surface area contributed by atoms with E-state index in [1.807, 2.05) is 14.0 Å². The molecule has 6 heteroatoms. The molecule has 0 saturated carbocycles. The number of guanidine groups is 1. The first-order chi connectivity index (χ1) is 9.13. The van der Waals surface area contributed by atoms with E-state index in [4.69, 9.17) is 10.5 Å². The van der Waals surface area contributed by atoms with Crippen molar-refractivity contribution in [2.24, 2.45) is 17.8 Å². The highest BCUT2D eigenvalue weighted by Gasteiger charge is 2.15. The molecule has 0 bridgehead atoms. The van der Waals surface area contributed by atoms with Crippen molar-refractivity contribution < 1.29 is 4.74 Å². The molecule has 0 aliphatic carbocycles. The molecule has 6 nitrogen and oxygen atoms in total. The molecule has 1 fully saturated rings. The molecular weight excluding hydrogens is 242 g/mol. The van der Waals surface area contributed by atoms with Gasteiger partial charge in [0.25, 0.3) is 0 Å². The number of ether oxygens (including phenoxy) is 1. The second kappa shape index (κ2) is 5.95. The standard InChI is InChI=1S/C13H23N5O/c1-10-11(12(19-3)17(2)16-10)9-15-13(14)18-7-5-4-6-8-18/h4-9H2,1-3H3,(H2,14,15). The Balaban J connectivity index is 2.08. The molecule has 0 unspecified atom stereocenters. The predicted molar refractivity (Wildman–Crippen MR) is 75.2 cm³/mol. The summed E-state index contributed by atoms with van der Waals surface area (Å²) < 4.78 is 7.08. The van der Waals surface area contributed by atoms with Gasteiger partial charge in [0, 0.05) is 20.1 Å². The number of hydrogen-bond donors (Lipinski definition) is 1. The van der Waals surface area contributed by atoms with Crippen LogP contribution in [0.25, 0.3) is 0 Å². The number of piperidine rings is 1. The highest BCUT2D eigenvalue weighted by molar-refractivity contribution is 5.78. The van der Waals surface area contributed by atoms with Crippen molar-refractivity contribution in [1.29, 1.82) is 0 Å². The van der Waals surface area contributed by atoms with Crippen LogP contribution in [0.15, 0.2) is 4.99 Å². The van der Waals surface area contributed by atoms with Gasteiger partial charge < -0.3 is 15.4 Å². The van der Waals surface area contributed by atoms with Gasteiger partial charge in [0.15, 0.2) is 5.96 Å². The molecular formula is C13H23N5O. The number of methoxy groups -OCH3 is 1. The Morgan fingerprint density at radius 3 is 2.68 bits per heavy atom. The number of nitrogens with zero attached hydrogens (tertiary/aromatic N) is 4. The molecule has 0 spiro atoms. The maximum atomic E-state index is 6.05. The lowest BCUT2D eigenvalue weighted by atomic mass is 10.1. The zero-order valence-electron chi connectivity index (χ0n) is 12.0. The van der Waals surface area contributed by atoms with E-state index in [0.29, 0.717) is 12.5 Å². The summed E-state index contributed by atoms with van der Waals surface area (Å²) in [4.78, 5) is 6.64. The molecule has 0 aromatic carbocycles. The molecule has 1 aliphatic rings. The highest BCUT2D eigenvalue weighted by Crippen LogP contribution is 2.21. The third-order valence-corrected chi connectivity index (χ3v) is 3.56. The maximum absolute atomic E-state index is 6.05. The fraction of sp³-hybridized carbons (Fsp3) is 0.692. The average molecular weight is 265 g/mol. The van der Waals surface area contributed by atoms with Crippen molar-refractivity contribution in [3.8, 4) is 5.88 Å². The predicted octanol–water partition coefficient (Wildman–Crippen LogP) is 1.04. The minimum Gasteiger partial charge on any atom is -0.481 e. The summed E-state index contributed by atoms with van der Waals surface area (Å²) in [7, 11) is 3.52. The Morgan fingerprint density at radius 1 is 1.37 bits per heavy atom. The Labute approximate surface area is 114 Å². The van der Waals surface area contributed by atoms with Crippen LogP contribution in [0.3, 0.4) is 0 Å². The summed E-state index contributed by atoms with van der Waals surface area (Å²) in [6, 6.07) is 0. The van der Waals surface area contributed by atoms with E-state index in [0.717, 1.165) is 30.2 Å². The van der Waals surface area contributed by atoms with Gasteiger partial charge in [0.1, 0.15) is 0 Å². The molecule has 2 N–H and O–H groups in total.